The molecule has 5 heteroatoms. The normalized spacial score (nSPS) is 28.8. The van der Waals surface area contributed by atoms with Crippen LogP contribution in [0.3, 0.4) is 0 Å². The second-order valence-corrected chi connectivity index (χ2v) is 8.68. The number of nitrogens with zero attached hydrogens (tertiary/aromatic N) is 1. The Balaban J connectivity index is 1.63. The number of morpholine rings is 1. The van der Waals surface area contributed by atoms with Gasteiger partial charge in [-0.1, -0.05) is 36.3 Å². The van der Waals surface area contributed by atoms with E-state index in [1.165, 1.54) is 11.1 Å². The van der Waals surface area contributed by atoms with E-state index in [0.29, 0.717) is 12.2 Å². The molecule has 1 aromatic rings. The summed E-state index contributed by atoms with van der Waals surface area (Å²) in [6.45, 7) is 15.5. The summed E-state index contributed by atoms with van der Waals surface area (Å²) in [5.41, 5.74) is 1.90. The summed E-state index contributed by atoms with van der Waals surface area (Å²) in [5, 5.41) is 0. The zero-order chi connectivity index (χ0) is 18.9. The highest BCUT2D eigenvalue weighted by molar-refractivity contribution is 6.52. The molecule has 2 atom stereocenters. The summed E-state index contributed by atoms with van der Waals surface area (Å²) in [4.78, 5) is 2.47. The summed E-state index contributed by atoms with van der Waals surface area (Å²) in [6, 6.07) is 8.67. The van der Waals surface area contributed by atoms with Crippen molar-refractivity contribution < 1.29 is 14.0 Å². The molecular weight excluding hydrogens is 325 g/mol. The van der Waals surface area contributed by atoms with E-state index in [-0.39, 0.29) is 18.3 Å². The van der Waals surface area contributed by atoms with E-state index in [1.807, 2.05) is 5.98 Å². The van der Waals surface area contributed by atoms with Crippen molar-refractivity contribution >= 4 is 13.2 Å². The predicted molar refractivity (Wildman–Crippen MR) is 107 cm³/mol. The van der Waals surface area contributed by atoms with Crippen molar-refractivity contribution in [2.24, 2.45) is 0 Å². The van der Waals surface area contributed by atoms with Crippen LogP contribution in [-0.4, -0.2) is 48.5 Å². The molecule has 142 valence electrons. The number of benzene rings is 1. The Morgan fingerprint density at radius 3 is 2.31 bits per heavy atom. The first-order valence-corrected chi connectivity index (χ1v) is 9.65. The number of hydrogen-bond donors (Lipinski definition) is 0. The first-order chi connectivity index (χ1) is 12.1. The van der Waals surface area contributed by atoms with Crippen molar-refractivity contribution in [2.75, 3.05) is 13.1 Å². The smallest absolute Gasteiger partial charge is 0.400 e. The molecule has 2 saturated heterocycles. The fourth-order valence-corrected chi connectivity index (χ4v) is 3.62. The molecule has 3 rings (SSSR count). The summed E-state index contributed by atoms with van der Waals surface area (Å²) in [7, 11) is -0.301. The molecule has 0 saturated carbocycles. The highest BCUT2D eigenvalue weighted by Gasteiger charge is 2.49. The average molecular weight is 357 g/mol. The monoisotopic (exact) mass is 357 g/mol. The highest BCUT2D eigenvalue weighted by atomic mass is 16.7. The lowest BCUT2D eigenvalue weighted by molar-refractivity contribution is -0.0704. The maximum Gasteiger partial charge on any atom is 0.487 e. The van der Waals surface area contributed by atoms with Gasteiger partial charge in [0.25, 0.3) is 0 Å². The fraction of sp³-hybridized carbons (Fsp3) is 0.619. The zero-order valence-electron chi connectivity index (χ0n) is 17.0. The van der Waals surface area contributed by atoms with E-state index in [2.05, 4.69) is 76.8 Å². The van der Waals surface area contributed by atoms with E-state index in [4.69, 9.17) is 14.0 Å². The molecule has 1 aromatic carbocycles. The van der Waals surface area contributed by atoms with Gasteiger partial charge in [-0.05, 0) is 52.7 Å². The van der Waals surface area contributed by atoms with Gasteiger partial charge in [0.1, 0.15) is 0 Å². The Bertz CT molecular complexity index is 632. The summed E-state index contributed by atoms with van der Waals surface area (Å²) in [5.74, 6) is 2.01. The van der Waals surface area contributed by atoms with Gasteiger partial charge in [-0.3, -0.25) is 4.90 Å². The van der Waals surface area contributed by atoms with E-state index < -0.39 is 0 Å². The van der Waals surface area contributed by atoms with Crippen LogP contribution in [0, 0.1) is 0 Å². The maximum atomic E-state index is 6.03. The molecule has 2 aliphatic rings. The van der Waals surface area contributed by atoms with Crippen LogP contribution in [0.15, 0.2) is 30.2 Å². The van der Waals surface area contributed by atoms with Crippen LogP contribution < -0.4 is 0 Å². The van der Waals surface area contributed by atoms with Gasteiger partial charge in [0.2, 0.25) is 0 Å². The molecule has 0 unspecified atom stereocenters. The molecule has 0 bridgehead atoms. The van der Waals surface area contributed by atoms with Crippen molar-refractivity contribution in [2.45, 2.75) is 71.5 Å². The van der Waals surface area contributed by atoms with Crippen LogP contribution >= 0.6 is 0 Å². The van der Waals surface area contributed by atoms with Crippen LogP contribution in [-0.2, 0) is 20.6 Å². The van der Waals surface area contributed by atoms with Crippen LogP contribution in [0.2, 0.25) is 0 Å². The lowest BCUT2D eigenvalue weighted by atomic mass is 9.89. The largest absolute Gasteiger partial charge is 0.487 e. The van der Waals surface area contributed by atoms with Crippen molar-refractivity contribution in [3.05, 3.63) is 41.4 Å². The SMILES string of the molecule is C[C@@H]1CN(Cc2cccc(C=CB3OC(C)(C)C(C)(C)O3)c2)C[C@H](C)O1. The van der Waals surface area contributed by atoms with E-state index in [1.54, 1.807) is 0 Å². The molecule has 2 heterocycles. The van der Waals surface area contributed by atoms with Crippen molar-refractivity contribution in [1.82, 2.24) is 4.90 Å². The van der Waals surface area contributed by atoms with Crippen LogP contribution in [0.4, 0.5) is 0 Å². The van der Waals surface area contributed by atoms with Crippen LogP contribution in [0.1, 0.15) is 52.7 Å². The van der Waals surface area contributed by atoms with Gasteiger partial charge in [-0.15, -0.1) is 0 Å². The molecule has 2 fully saturated rings. The predicted octanol–water partition coefficient (Wildman–Crippen LogP) is 3.94. The molecule has 0 amide bonds. The lowest BCUT2D eigenvalue weighted by Crippen LogP contribution is -2.44. The first-order valence-electron chi connectivity index (χ1n) is 9.65. The third kappa shape index (κ3) is 4.58. The van der Waals surface area contributed by atoms with Crippen molar-refractivity contribution in [3.63, 3.8) is 0 Å². The number of hydrogen-bond acceptors (Lipinski definition) is 4. The minimum Gasteiger partial charge on any atom is -0.400 e. The zero-order valence-corrected chi connectivity index (χ0v) is 17.0. The minimum absolute atomic E-state index is 0.296. The maximum absolute atomic E-state index is 6.03. The van der Waals surface area contributed by atoms with Gasteiger partial charge >= 0.3 is 7.12 Å². The summed E-state index contributed by atoms with van der Waals surface area (Å²) >= 11 is 0. The Kier molecular flexibility index (Phi) is 5.64. The summed E-state index contributed by atoms with van der Waals surface area (Å²) < 4.78 is 17.9. The van der Waals surface area contributed by atoms with Crippen LogP contribution in [0.5, 0.6) is 0 Å². The quantitative estimate of drug-likeness (QED) is 0.764. The fourth-order valence-electron chi connectivity index (χ4n) is 3.62. The Labute approximate surface area is 158 Å². The van der Waals surface area contributed by atoms with Crippen molar-refractivity contribution in [1.29, 1.82) is 0 Å². The van der Waals surface area contributed by atoms with E-state index in [9.17, 15) is 0 Å². The second kappa shape index (κ2) is 7.47. The third-order valence-electron chi connectivity index (χ3n) is 5.57. The van der Waals surface area contributed by atoms with Crippen LogP contribution in [0.25, 0.3) is 6.08 Å². The lowest BCUT2D eigenvalue weighted by Gasteiger charge is -2.35. The molecule has 26 heavy (non-hydrogen) atoms. The molecule has 4 nitrogen and oxygen atoms in total. The van der Waals surface area contributed by atoms with Gasteiger partial charge in [0.05, 0.1) is 23.4 Å². The molecule has 0 spiro atoms. The second-order valence-electron chi connectivity index (χ2n) is 8.68. The Morgan fingerprint density at radius 2 is 1.69 bits per heavy atom. The Hall–Kier alpha value is -1.14. The first kappa shape index (κ1) is 19.6. The molecule has 0 aromatic heterocycles. The molecular formula is C21H32BNO3. The minimum atomic E-state index is -0.301. The van der Waals surface area contributed by atoms with E-state index in [0.717, 1.165) is 19.6 Å². The average Bonchev–Trinajstić information content (AvgIpc) is 2.72. The number of rotatable bonds is 4. The highest BCUT2D eigenvalue weighted by Crippen LogP contribution is 2.37. The van der Waals surface area contributed by atoms with Gasteiger partial charge in [-0.25, -0.2) is 0 Å². The van der Waals surface area contributed by atoms with Crippen molar-refractivity contribution in [3.8, 4) is 0 Å². The molecule has 0 radical (unpaired) electrons. The topological polar surface area (TPSA) is 30.9 Å². The Morgan fingerprint density at radius 1 is 1.08 bits per heavy atom. The standard InChI is InChI=1S/C21H32BNO3/c1-16-13-23(14-17(2)24-16)15-19-9-7-8-18(12-19)10-11-22-25-20(3,4)21(5,6)26-22/h7-12,16-17H,13-15H2,1-6H3/t16-,17+. The molecule has 2 aliphatic heterocycles. The molecule has 0 N–H and O–H groups in total. The van der Waals surface area contributed by atoms with Gasteiger partial charge in [-0.2, -0.15) is 0 Å². The number of ether oxygens (including phenoxy) is 1. The molecule has 0 aliphatic carbocycles. The van der Waals surface area contributed by atoms with Gasteiger partial charge < -0.3 is 14.0 Å². The van der Waals surface area contributed by atoms with E-state index >= 15 is 0 Å². The van der Waals surface area contributed by atoms with Gasteiger partial charge in [0, 0.05) is 19.6 Å². The summed E-state index contributed by atoms with van der Waals surface area (Å²) in [6.07, 6.45) is 2.69. The third-order valence-corrected chi connectivity index (χ3v) is 5.57. The van der Waals surface area contributed by atoms with Gasteiger partial charge in [0.15, 0.2) is 0 Å².